The van der Waals surface area contributed by atoms with Gasteiger partial charge in [-0.25, -0.2) is 4.68 Å². The number of nitrogens with zero attached hydrogens (tertiary/aromatic N) is 2. The molecule has 1 heterocycles. The van der Waals surface area contributed by atoms with E-state index < -0.39 is 0 Å². The molecule has 2 aromatic rings. The molecule has 108 valence electrons. The zero-order valence-electron chi connectivity index (χ0n) is 12.3. The number of benzene rings is 1. The first-order valence-corrected chi connectivity index (χ1v) is 7.40. The highest BCUT2D eigenvalue weighted by Crippen LogP contribution is 2.31. The summed E-state index contributed by atoms with van der Waals surface area (Å²) in [6.45, 7) is 5.99. The highest BCUT2D eigenvalue weighted by atomic mass is 79.9. The third-order valence-corrected chi connectivity index (χ3v) is 3.65. The summed E-state index contributed by atoms with van der Waals surface area (Å²) in [7, 11) is 1.89. The van der Waals surface area contributed by atoms with Gasteiger partial charge in [0.2, 0.25) is 5.88 Å². The molecule has 20 heavy (non-hydrogen) atoms. The lowest BCUT2D eigenvalue weighted by Gasteiger charge is -2.12. The summed E-state index contributed by atoms with van der Waals surface area (Å²) in [5.41, 5.74) is 9.03. The number of aryl methyl sites for hydroxylation is 3. The monoisotopic (exact) mass is 337 g/mol. The van der Waals surface area contributed by atoms with E-state index in [1.54, 1.807) is 4.68 Å². The summed E-state index contributed by atoms with van der Waals surface area (Å²) in [6, 6.07) is 6.03. The van der Waals surface area contributed by atoms with Gasteiger partial charge >= 0.3 is 0 Å². The van der Waals surface area contributed by atoms with Crippen LogP contribution in [-0.4, -0.2) is 15.8 Å². The predicted molar refractivity (Wildman–Crippen MR) is 84.3 cm³/mol. The fraction of sp³-hybridized carbons (Fsp3) is 0.400. The van der Waals surface area contributed by atoms with E-state index in [9.17, 15) is 0 Å². The highest BCUT2D eigenvalue weighted by molar-refractivity contribution is 9.10. The minimum atomic E-state index is 0.0752. The fourth-order valence-electron chi connectivity index (χ4n) is 2.20. The molecule has 1 unspecified atom stereocenters. The SMILES string of the molecule is Cc1cc(Br)ccc1Oc1c(CC(C)N)c(C)nn1C. The Balaban J connectivity index is 2.37. The van der Waals surface area contributed by atoms with Gasteiger partial charge in [0.15, 0.2) is 0 Å². The molecular formula is C15H20BrN3O. The van der Waals surface area contributed by atoms with Crippen LogP contribution >= 0.6 is 15.9 Å². The third-order valence-electron chi connectivity index (χ3n) is 3.16. The summed E-state index contributed by atoms with van der Waals surface area (Å²) in [6.07, 6.45) is 0.755. The number of nitrogens with two attached hydrogens (primary N) is 1. The second-order valence-electron chi connectivity index (χ2n) is 5.19. The van der Waals surface area contributed by atoms with Gasteiger partial charge in [0.1, 0.15) is 5.75 Å². The minimum absolute atomic E-state index is 0.0752. The second-order valence-corrected chi connectivity index (χ2v) is 6.10. The summed E-state index contributed by atoms with van der Waals surface area (Å²) >= 11 is 3.46. The van der Waals surface area contributed by atoms with Crippen molar-refractivity contribution >= 4 is 15.9 Å². The topological polar surface area (TPSA) is 53.1 Å². The van der Waals surface area contributed by atoms with Crippen LogP contribution in [-0.2, 0) is 13.5 Å². The lowest BCUT2D eigenvalue weighted by atomic mass is 10.1. The summed E-state index contributed by atoms with van der Waals surface area (Å²) in [5.74, 6) is 1.60. The van der Waals surface area contributed by atoms with Crippen LogP contribution < -0.4 is 10.5 Å². The average Bonchev–Trinajstić information content (AvgIpc) is 2.58. The molecule has 1 aromatic carbocycles. The van der Waals surface area contributed by atoms with E-state index in [1.807, 2.05) is 46.0 Å². The van der Waals surface area contributed by atoms with Crippen LogP contribution in [0.25, 0.3) is 0 Å². The number of rotatable bonds is 4. The van der Waals surface area contributed by atoms with Crippen molar-refractivity contribution in [1.29, 1.82) is 0 Å². The standard InChI is InChI=1S/C15H20BrN3O/c1-9-7-12(16)5-6-14(9)20-15-13(8-10(2)17)11(3)18-19(15)4/h5-7,10H,8,17H2,1-4H3. The summed E-state index contributed by atoms with van der Waals surface area (Å²) in [4.78, 5) is 0. The zero-order chi connectivity index (χ0) is 14.9. The molecule has 1 aromatic heterocycles. The molecule has 2 N–H and O–H groups in total. The molecule has 5 heteroatoms. The molecule has 0 amide bonds. The average molecular weight is 338 g/mol. The Morgan fingerprint density at radius 2 is 2.10 bits per heavy atom. The van der Waals surface area contributed by atoms with Gasteiger partial charge in [0.25, 0.3) is 0 Å². The Hall–Kier alpha value is -1.33. The molecule has 0 bridgehead atoms. The molecule has 2 rings (SSSR count). The number of halogens is 1. The Kier molecular flexibility index (Phi) is 4.50. The van der Waals surface area contributed by atoms with Crippen molar-refractivity contribution in [3.05, 3.63) is 39.5 Å². The van der Waals surface area contributed by atoms with Gasteiger partial charge in [-0.1, -0.05) is 15.9 Å². The number of hydrogen-bond acceptors (Lipinski definition) is 3. The van der Waals surface area contributed by atoms with E-state index in [-0.39, 0.29) is 6.04 Å². The first kappa shape index (κ1) is 15.1. The van der Waals surface area contributed by atoms with Gasteiger partial charge in [-0.15, -0.1) is 0 Å². The van der Waals surface area contributed by atoms with E-state index in [2.05, 4.69) is 21.0 Å². The van der Waals surface area contributed by atoms with Crippen molar-refractivity contribution in [2.45, 2.75) is 33.2 Å². The van der Waals surface area contributed by atoms with Crippen LogP contribution in [0.4, 0.5) is 0 Å². The Labute approximate surface area is 128 Å². The van der Waals surface area contributed by atoms with Gasteiger partial charge in [-0.05, 0) is 51.0 Å². The Bertz CT molecular complexity index is 620. The largest absolute Gasteiger partial charge is 0.439 e. The number of ether oxygens (including phenoxy) is 1. The van der Waals surface area contributed by atoms with Crippen LogP contribution in [0.1, 0.15) is 23.7 Å². The van der Waals surface area contributed by atoms with Crippen LogP contribution in [0.5, 0.6) is 11.6 Å². The fourth-order valence-corrected chi connectivity index (χ4v) is 2.67. The van der Waals surface area contributed by atoms with Gasteiger partial charge in [-0.2, -0.15) is 5.10 Å². The van der Waals surface area contributed by atoms with Crippen molar-refractivity contribution in [2.24, 2.45) is 12.8 Å². The van der Waals surface area contributed by atoms with Gasteiger partial charge in [0.05, 0.1) is 5.69 Å². The number of hydrogen-bond donors (Lipinski definition) is 1. The maximum atomic E-state index is 6.07. The molecule has 0 saturated heterocycles. The van der Waals surface area contributed by atoms with Crippen molar-refractivity contribution in [3.8, 4) is 11.6 Å². The molecular weight excluding hydrogens is 318 g/mol. The molecule has 0 spiro atoms. The Morgan fingerprint density at radius 3 is 2.70 bits per heavy atom. The van der Waals surface area contributed by atoms with Crippen LogP contribution in [0.3, 0.4) is 0 Å². The van der Waals surface area contributed by atoms with Crippen LogP contribution in [0.15, 0.2) is 22.7 Å². The molecule has 0 radical (unpaired) electrons. The molecule has 0 fully saturated rings. The lowest BCUT2D eigenvalue weighted by molar-refractivity contribution is 0.421. The maximum Gasteiger partial charge on any atom is 0.221 e. The van der Waals surface area contributed by atoms with Crippen molar-refractivity contribution in [2.75, 3.05) is 0 Å². The van der Waals surface area contributed by atoms with E-state index in [4.69, 9.17) is 10.5 Å². The van der Waals surface area contributed by atoms with E-state index in [0.29, 0.717) is 0 Å². The smallest absolute Gasteiger partial charge is 0.221 e. The predicted octanol–water partition coefficient (Wildman–Crippen LogP) is 3.48. The molecule has 0 saturated carbocycles. The van der Waals surface area contributed by atoms with E-state index >= 15 is 0 Å². The van der Waals surface area contributed by atoms with Gasteiger partial charge in [-0.3, -0.25) is 0 Å². The zero-order valence-corrected chi connectivity index (χ0v) is 13.9. The normalized spacial score (nSPS) is 12.5. The van der Waals surface area contributed by atoms with Crippen molar-refractivity contribution in [3.63, 3.8) is 0 Å². The molecule has 1 atom stereocenters. The van der Waals surface area contributed by atoms with Crippen molar-refractivity contribution in [1.82, 2.24) is 9.78 Å². The molecule has 4 nitrogen and oxygen atoms in total. The molecule has 0 aliphatic heterocycles. The van der Waals surface area contributed by atoms with Gasteiger partial charge < -0.3 is 10.5 Å². The minimum Gasteiger partial charge on any atom is -0.439 e. The molecule has 0 aliphatic rings. The quantitative estimate of drug-likeness (QED) is 0.929. The maximum absolute atomic E-state index is 6.07. The first-order valence-electron chi connectivity index (χ1n) is 6.60. The van der Waals surface area contributed by atoms with Crippen molar-refractivity contribution < 1.29 is 4.74 Å². The van der Waals surface area contributed by atoms with E-state index in [1.165, 1.54) is 0 Å². The summed E-state index contributed by atoms with van der Waals surface area (Å²) in [5, 5.41) is 4.43. The highest BCUT2D eigenvalue weighted by Gasteiger charge is 2.17. The third kappa shape index (κ3) is 3.22. The second kappa shape index (κ2) is 5.97. The lowest BCUT2D eigenvalue weighted by Crippen LogP contribution is -2.18. The Morgan fingerprint density at radius 1 is 1.40 bits per heavy atom. The molecule has 0 aliphatic carbocycles. The van der Waals surface area contributed by atoms with Gasteiger partial charge in [0, 0.05) is 23.1 Å². The van der Waals surface area contributed by atoms with Crippen LogP contribution in [0, 0.1) is 13.8 Å². The van der Waals surface area contributed by atoms with E-state index in [0.717, 1.165) is 39.3 Å². The summed E-state index contributed by atoms with van der Waals surface area (Å²) < 4.78 is 8.89. The number of aromatic nitrogens is 2. The first-order chi connectivity index (χ1) is 9.38. The van der Waals surface area contributed by atoms with Crippen LogP contribution in [0.2, 0.25) is 0 Å².